The van der Waals surface area contributed by atoms with Crippen molar-refractivity contribution in [1.82, 2.24) is 19.7 Å². The van der Waals surface area contributed by atoms with Crippen molar-refractivity contribution in [2.75, 3.05) is 13.1 Å². The molecule has 5 nitrogen and oxygen atoms in total. The predicted molar refractivity (Wildman–Crippen MR) is 92.5 cm³/mol. The fraction of sp³-hybridized carbons (Fsp3) is 0.263. The van der Waals surface area contributed by atoms with Gasteiger partial charge in [-0.3, -0.25) is 4.90 Å². The Balaban J connectivity index is 1.50. The monoisotopic (exact) mass is 320 g/mol. The van der Waals surface area contributed by atoms with Gasteiger partial charge in [0, 0.05) is 38.2 Å². The average Bonchev–Trinajstić information content (AvgIpc) is 2.93. The first-order valence-electron chi connectivity index (χ1n) is 8.27. The molecular weight excluding hydrogens is 300 g/mol. The number of phenolic OH excluding ortho intramolecular Hbond substituents is 1. The molecule has 0 saturated carbocycles. The molecule has 24 heavy (non-hydrogen) atoms. The minimum Gasteiger partial charge on any atom is -0.508 e. The number of benzene rings is 2. The van der Waals surface area contributed by atoms with Crippen molar-refractivity contribution in [2.45, 2.75) is 19.5 Å². The Hall–Kier alpha value is -2.66. The van der Waals surface area contributed by atoms with Gasteiger partial charge in [0.1, 0.15) is 11.6 Å². The van der Waals surface area contributed by atoms with Crippen molar-refractivity contribution in [1.29, 1.82) is 0 Å². The van der Waals surface area contributed by atoms with E-state index in [1.54, 1.807) is 12.1 Å². The van der Waals surface area contributed by atoms with E-state index < -0.39 is 0 Å². The number of hydrogen-bond donors (Lipinski definition) is 1. The SMILES string of the molecule is Oc1ccc(CN2CCc3nnc(-c4ccccc4)n3CC2)cc1. The van der Waals surface area contributed by atoms with Gasteiger partial charge in [0.15, 0.2) is 5.82 Å². The lowest BCUT2D eigenvalue weighted by Crippen LogP contribution is -2.26. The fourth-order valence-corrected chi connectivity index (χ4v) is 3.19. The van der Waals surface area contributed by atoms with E-state index in [2.05, 4.69) is 31.8 Å². The van der Waals surface area contributed by atoms with Crippen molar-refractivity contribution in [3.63, 3.8) is 0 Å². The Morgan fingerprint density at radius 2 is 1.67 bits per heavy atom. The van der Waals surface area contributed by atoms with Crippen LogP contribution in [0.25, 0.3) is 11.4 Å². The molecule has 2 aromatic carbocycles. The first-order valence-corrected chi connectivity index (χ1v) is 8.27. The number of fused-ring (bicyclic) bond motifs is 1. The molecule has 0 amide bonds. The van der Waals surface area contributed by atoms with Crippen LogP contribution in [0.3, 0.4) is 0 Å². The van der Waals surface area contributed by atoms with Crippen LogP contribution < -0.4 is 0 Å². The standard InChI is InChI=1S/C19H20N4O/c24-17-8-6-15(7-9-17)14-22-11-10-18-20-21-19(23(18)13-12-22)16-4-2-1-3-5-16/h1-9,24H,10-14H2. The smallest absolute Gasteiger partial charge is 0.164 e. The van der Waals surface area contributed by atoms with Crippen LogP contribution in [-0.4, -0.2) is 37.9 Å². The predicted octanol–water partition coefficient (Wildman–Crippen LogP) is 2.71. The summed E-state index contributed by atoms with van der Waals surface area (Å²) < 4.78 is 2.24. The lowest BCUT2D eigenvalue weighted by Gasteiger charge is -2.19. The van der Waals surface area contributed by atoms with E-state index in [1.807, 2.05) is 30.3 Å². The van der Waals surface area contributed by atoms with E-state index in [0.29, 0.717) is 5.75 Å². The Morgan fingerprint density at radius 1 is 0.875 bits per heavy atom. The van der Waals surface area contributed by atoms with Gasteiger partial charge in [-0.15, -0.1) is 10.2 Å². The molecule has 0 spiro atoms. The Morgan fingerprint density at radius 3 is 2.46 bits per heavy atom. The summed E-state index contributed by atoms with van der Waals surface area (Å²) in [7, 11) is 0. The molecular formula is C19H20N4O. The number of phenols is 1. The van der Waals surface area contributed by atoms with Gasteiger partial charge in [-0.25, -0.2) is 0 Å². The van der Waals surface area contributed by atoms with E-state index in [4.69, 9.17) is 0 Å². The van der Waals surface area contributed by atoms with Crippen LogP contribution in [0.1, 0.15) is 11.4 Å². The normalized spacial score (nSPS) is 15.0. The summed E-state index contributed by atoms with van der Waals surface area (Å²) in [5.41, 5.74) is 2.33. The number of nitrogens with zero attached hydrogens (tertiary/aromatic N) is 4. The van der Waals surface area contributed by atoms with Gasteiger partial charge in [0.05, 0.1) is 0 Å². The van der Waals surface area contributed by atoms with Gasteiger partial charge in [0.2, 0.25) is 0 Å². The van der Waals surface area contributed by atoms with E-state index in [1.165, 1.54) is 5.56 Å². The molecule has 0 atom stereocenters. The molecule has 0 aliphatic carbocycles. The summed E-state index contributed by atoms with van der Waals surface area (Å²) in [6, 6.07) is 17.7. The molecule has 1 N–H and O–H groups in total. The molecule has 2 heterocycles. The molecule has 5 heteroatoms. The maximum Gasteiger partial charge on any atom is 0.164 e. The second-order valence-electron chi connectivity index (χ2n) is 6.15. The van der Waals surface area contributed by atoms with Gasteiger partial charge in [-0.1, -0.05) is 42.5 Å². The summed E-state index contributed by atoms with van der Waals surface area (Å²) in [5, 5.41) is 18.2. The lowest BCUT2D eigenvalue weighted by atomic mass is 10.2. The van der Waals surface area contributed by atoms with Crippen molar-refractivity contribution in [3.05, 3.63) is 66.0 Å². The van der Waals surface area contributed by atoms with Crippen LogP contribution in [0.5, 0.6) is 5.75 Å². The molecule has 4 rings (SSSR count). The van der Waals surface area contributed by atoms with Gasteiger partial charge >= 0.3 is 0 Å². The molecule has 1 aliphatic rings. The van der Waals surface area contributed by atoms with Gasteiger partial charge in [-0.2, -0.15) is 0 Å². The first-order chi connectivity index (χ1) is 11.8. The third kappa shape index (κ3) is 3.03. The number of hydrogen-bond acceptors (Lipinski definition) is 4. The van der Waals surface area contributed by atoms with Crippen LogP contribution in [-0.2, 0) is 19.5 Å². The minimum absolute atomic E-state index is 0.313. The van der Waals surface area contributed by atoms with E-state index >= 15 is 0 Å². The van der Waals surface area contributed by atoms with Gasteiger partial charge < -0.3 is 9.67 Å². The highest BCUT2D eigenvalue weighted by Gasteiger charge is 2.19. The fourth-order valence-electron chi connectivity index (χ4n) is 3.19. The summed E-state index contributed by atoms with van der Waals surface area (Å²) in [6.45, 7) is 3.71. The maximum absolute atomic E-state index is 9.40. The van der Waals surface area contributed by atoms with Gasteiger partial charge in [-0.05, 0) is 17.7 Å². The van der Waals surface area contributed by atoms with E-state index in [0.717, 1.165) is 49.8 Å². The molecule has 0 unspecified atom stereocenters. The molecule has 0 saturated heterocycles. The third-order valence-electron chi connectivity index (χ3n) is 4.49. The average molecular weight is 320 g/mol. The number of rotatable bonds is 3. The highest BCUT2D eigenvalue weighted by atomic mass is 16.3. The van der Waals surface area contributed by atoms with E-state index in [9.17, 15) is 5.11 Å². The molecule has 3 aromatic rings. The zero-order chi connectivity index (χ0) is 16.4. The van der Waals surface area contributed by atoms with Gasteiger partial charge in [0.25, 0.3) is 0 Å². The quantitative estimate of drug-likeness (QED) is 0.806. The largest absolute Gasteiger partial charge is 0.508 e. The second kappa shape index (κ2) is 6.45. The highest BCUT2D eigenvalue weighted by Crippen LogP contribution is 2.21. The summed E-state index contributed by atoms with van der Waals surface area (Å²) >= 11 is 0. The van der Waals surface area contributed by atoms with Crippen LogP contribution in [0.4, 0.5) is 0 Å². The second-order valence-corrected chi connectivity index (χ2v) is 6.15. The first kappa shape index (κ1) is 14.9. The van der Waals surface area contributed by atoms with Crippen molar-refractivity contribution < 1.29 is 5.11 Å². The molecule has 0 bridgehead atoms. The number of aromatic hydroxyl groups is 1. The Bertz CT molecular complexity index is 811. The zero-order valence-electron chi connectivity index (χ0n) is 13.5. The van der Waals surface area contributed by atoms with Crippen molar-refractivity contribution >= 4 is 0 Å². The minimum atomic E-state index is 0.313. The van der Waals surface area contributed by atoms with Crippen molar-refractivity contribution in [2.24, 2.45) is 0 Å². The molecule has 1 aliphatic heterocycles. The van der Waals surface area contributed by atoms with Crippen molar-refractivity contribution in [3.8, 4) is 17.1 Å². The van der Waals surface area contributed by atoms with Crippen LogP contribution in [0.15, 0.2) is 54.6 Å². The summed E-state index contributed by atoms with van der Waals surface area (Å²) in [5.74, 6) is 2.33. The maximum atomic E-state index is 9.40. The third-order valence-corrected chi connectivity index (χ3v) is 4.49. The highest BCUT2D eigenvalue weighted by molar-refractivity contribution is 5.55. The Labute approximate surface area is 141 Å². The van der Waals surface area contributed by atoms with E-state index in [-0.39, 0.29) is 0 Å². The molecule has 122 valence electrons. The zero-order valence-corrected chi connectivity index (χ0v) is 13.5. The van der Waals surface area contributed by atoms with Crippen LogP contribution >= 0.6 is 0 Å². The summed E-state index contributed by atoms with van der Waals surface area (Å²) in [4.78, 5) is 2.43. The lowest BCUT2D eigenvalue weighted by molar-refractivity contribution is 0.271. The Kier molecular flexibility index (Phi) is 4.01. The van der Waals surface area contributed by atoms with Crippen LogP contribution in [0.2, 0.25) is 0 Å². The molecule has 0 radical (unpaired) electrons. The van der Waals surface area contributed by atoms with Crippen LogP contribution in [0, 0.1) is 0 Å². The molecule has 0 fully saturated rings. The topological polar surface area (TPSA) is 54.2 Å². The summed E-state index contributed by atoms with van der Waals surface area (Å²) in [6.07, 6.45) is 0.901. The number of aromatic nitrogens is 3. The molecule has 1 aromatic heterocycles.